The summed E-state index contributed by atoms with van der Waals surface area (Å²) in [6.45, 7) is 0. The zero-order valence-corrected chi connectivity index (χ0v) is 8.56. The molecule has 0 bridgehead atoms. The van der Waals surface area contributed by atoms with Crippen molar-refractivity contribution >= 4 is 33.5 Å². The predicted molar refractivity (Wildman–Crippen MR) is 50.8 cm³/mol. The molecule has 1 rings (SSSR count). The average molecular weight is 260 g/mol. The van der Waals surface area contributed by atoms with Gasteiger partial charge in [-0.05, 0) is 28.1 Å². The Balaban J connectivity index is 3.53. The Hall–Kier alpha value is -1.05. The number of hydrogen-bond acceptors (Lipinski definition) is 2. The minimum absolute atomic E-state index is 0.0868. The minimum atomic E-state index is -1.18. The van der Waals surface area contributed by atoms with Gasteiger partial charge in [0.05, 0.1) is 20.6 Å². The van der Waals surface area contributed by atoms with Gasteiger partial charge in [-0.25, -0.2) is 4.79 Å². The van der Waals surface area contributed by atoms with Crippen LogP contribution in [0.2, 0.25) is 5.02 Å². The van der Waals surface area contributed by atoms with Crippen LogP contribution in [0.25, 0.3) is 0 Å². The van der Waals surface area contributed by atoms with Gasteiger partial charge in [0.15, 0.2) is 0 Å². The van der Waals surface area contributed by atoms with Gasteiger partial charge >= 0.3 is 5.97 Å². The summed E-state index contributed by atoms with van der Waals surface area (Å²) in [5, 5.41) is 17.6. The zero-order valence-electron chi connectivity index (χ0n) is 6.21. The van der Waals surface area contributed by atoms with E-state index in [9.17, 15) is 4.79 Å². The van der Waals surface area contributed by atoms with Gasteiger partial charge in [0.1, 0.15) is 6.07 Å². The number of benzene rings is 1. The highest BCUT2D eigenvalue weighted by molar-refractivity contribution is 9.10. The molecule has 0 heterocycles. The lowest BCUT2D eigenvalue weighted by Crippen LogP contribution is -2.01. The second kappa shape index (κ2) is 3.77. The van der Waals surface area contributed by atoms with E-state index in [1.807, 2.05) is 0 Å². The molecule has 0 radical (unpaired) electrons. The number of aromatic carboxylic acids is 1. The first-order valence-corrected chi connectivity index (χ1v) is 4.36. The van der Waals surface area contributed by atoms with E-state index < -0.39 is 5.97 Å². The van der Waals surface area contributed by atoms with E-state index in [2.05, 4.69) is 15.9 Å². The number of carboxylic acids is 1. The summed E-state index contributed by atoms with van der Waals surface area (Å²) in [6, 6.07) is 4.62. The predicted octanol–water partition coefficient (Wildman–Crippen LogP) is 2.67. The summed E-state index contributed by atoms with van der Waals surface area (Å²) in [4.78, 5) is 10.7. The van der Waals surface area contributed by atoms with E-state index in [-0.39, 0.29) is 20.6 Å². The van der Waals surface area contributed by atoms with Crippen molar-refractivity contribution in [3.05, 3.63) is 32.8 Å². The second-order valence-corrected chi connectivity index (χ2v) is 3.40. The van der Waals surface area contributed by atoms with Gasteiger partial charge in [-0.1, -0.05) is 11.6 Å². The van der Waals surface area contributed by atoms with Gasteiger partial charge in [0.2, 0.25) is 0 Å². The number of carboxylic acid groups (broad SMARTS) is 1. The van der Waals surface area contributed by atoms with Crippen LogP contribution < -0.4 is 0 Å². The van der Waals surface area contributed by atoms with E-state index in [1.165, 1.54) is 12.1 Å². The molecule has 1 aromatic rings. The first-order valence-electron chi connectivity index (χ1n) is 3.19. The van der Waals surface area contributed by atoms with Crippen LogP contribution in [0.4, 0.5) is 0 Å². The van der Waals surface area contributed by atoms with Crippen LogP contribution >= 0.6 is 27.5 Å². The normalized spacial score (nSPS) is 9.31. The van der Waals surface area contributed by atoms with Crippen LogP contribution in [0.15, 0.2) is 16.6 Å². The molecular weight excluding hydrogens is 257 g/mol. The van der Waals surface area contributed by atoms with Crippen molar-refractivity contribution in [3.8, 4) is 6.07 Å². The molecule has 1 aromatic carbocycles. The number of hydrogen-bond donors (Lipinski definition) is 1. The first kappa shape index (κ1) is 10.0. The van der Waals surface area contributed by atoms with Crippen LogP contribution in [-0.2, 0) is 0 Å². The third-order valence-corrected chi connectivity index (χ3v) is 2.80. The highest BCUT2D eigenvalue weighted by Gasteiger charge is 2.16. The maximum absolute atomic E-state index is 10.7. The van der Waals surface area contributed by atoms with E-state index in [0.717, 1.165) is 0 Å². The Morgan fingerprint density at radius 3 is 2.69 bits per heavy atom. The molecule has 0 aliphatic rings. The summed E-state index contributed by atoms with van der Waals surface area (Å²) in [6.07, 6.45) is 0. The Morgan fingerprint density at radius 1 is 1.62 bits per heavy atom. The Bertz CT molecular complexity index is 411. The molecule has 0 aliphatic carbocycles. The van der Waals surface area contributed by atoms with E-state index >= 15 is 0 Å². The lowest BCUT2D eigenvalue weighted by molar-refractivity contribution is 0.0695. The van der Waals surface area contributed by atoms with Crippen LogP contribution in [0, 0.1) is 11.3 Å². The Labute approximate surface area is 87.7 Å². The molecule has 3 nitrogen and oxygen atoms in total. The molecule has 0 saturated heterocycles. The van der Waals surface area contributed by atoms with Crippen molar-refractivity contribution in [2.45, 2.75) is 0 Å². The molecule has 13 heavy (non-hydrogen) atoms. The Kier molecular flexibility index (Phi) is 2.91. The molecule has 0 atom stereocenters. The van der Waals surface area contributed by atoms with Crippen molar-refractivity contribution in [1.82, 2.24) is 0 Å². The smallest absolute Gasteiger partial charge is 0.338 e. The molecule has 1 N–H and O–H groups in total. The second-order valence-electron chi connectivity index (χ2n) is 2.20. The molecular formula is C8H3BrClNO2. The van der Waals surface area contributed by atoms with Gasteiger partial charge < -0.3 is 5.11 Å². The molecule has 0 unspecified atom stereocenters. The van der Waals surface area contributed by atoms with Crippen LogP contribution in [0.5, 0.6) is 0 Å². The molecule has 0 spiro atoms. The molecule has 66 valence electrons. The summed E-state index contributed by atoms with van der Waals surface area (Å²) in [5.41, 5.74) is -0.0150. The lowest BCUT2D eigenvalue weighted by Gasteiger charge is -2.02. The van der Waals surface area contributed by atoms with Gasteiger partial charge in [0, 0.05) is 0 Å². The maximum Gasteiger partial charge on any atom is 0.338 e. The van der Waals surface area contributed by atoms with Crippen LogP contribution in [0.3, 0.4) is 0 Å². The van der Waals surface area contributed by atoms with E-state index in [0.29, 0.717) is 0 Å². The molecule has 0 aliphatic heterocycles. The number of nitrogens with zero attached hydrogens (tertiary/aromatic N) is 1. The third-order valence-electron chi connectivity index (χ3n) is 1.43. The summed E-state index contributed by atoms with van der Waals surface area (Å²) in [5.74, 6) is -1.18. The summed E-state index contributed by atoms with van der Waals surface area (Å²) in [7, 11) is 0. The largest absolute Gasteiger partial charge is 0.478 e. The Morgan fingerprint density at radius 2 is 2.23 bits per heavy atom. The molecule has 0 aromatic heterocycles. The molecule has 0 fully saturated rings. The van der Waals surface area contributed by atoms with Gasteiger partial charge in [0.25, 0.3) is 0 Å². The zero-order chi connectivity index (χ0) is 10.0. The van der Waals surface area contributed by atoms with Crippen LogP contribution in [-0.4, -0.2) is 11.1 Å². The molecule has 0 saturated carbocycles. The van der Waals surface area contributed by atoms with Crippen molar-refractivity contribution in [3.63, 3.8) is 0 Å². The summed E-state index contributed by atoms with van der Waals surface area (Å²) >= 11 is 8.68. The third kappa shape index (κ3) is 1.82. The van der Waals surface area contributed by atoms with Gasteiger partial charge in [-0.15, -0.1) is 0 Å². The van der Waals surface area contributed by atoms with E-state index in [4.69, 9.17) is 22.0 Å². The summed E-state index contributed by atoms with van der Waals surface area (Å²) < 4.78 is 0.237. The molecule has 5 heteroatoms. The number of rotatable bonds is 1. The fourth-order valence-electron chi connectivity index (χ4n) is 0.853. The maximum atomic E-state index is 10.7. The quantitative estimate of drug-likeness (QED) is 0.844. The topological polar surface area (TPSA) is 61.1 Å². The van der Waals surface area contributed by atoms with E-state index in [1.54, 1.807) is 6.07 Å². The highest BCUT2D eigenvalue weighted by Crippen LogP contribution is 2.28. The fraction of sp³-hybridized carbons (Fsp3) is 0. The number of halogens is 2. The lowest BCUT2D eigenvalue weighted by atomic mass is 10.1. The average Bonchev–Trinajstić information content (AvgIpc) is 2.08. The highest BCUT2D eigenvalue weighted by atomic mass is 79.9. The van der Waals surface area contributed by atoms with Crippen molar-refractivity contribution in [1.29, 1.82) is 5.26 Å². The SMILES string of the molecule is N#Cc1ccc(Cl)c(Br)c1C(=O)O. The van der Waals surface area contributed by atoms with Crippen molar-refractivity contribution in [2.24, 2.45) is 0 Å². The van der Waals surface area contributed by atoms with Crippen molar-refractivity contribution in [2.75, 3.05) is 0 Å². The number of carbonyl (C=O) groups is 1. The van der Waals surface area contributed by atoms with Gasteiger partial charge in [-0.3, -0.25) is 0 Å². The first-order chi connectivity index (χ1) is 6.07. The van der Waals surface area contributed by atoms with Crippen molar-refractivity contribution < 1.29 is 9.90 Å². The fourth-order valence-corrected chi connectivity index (χ4v) is 1.53. The standard InChI is InChI=1S/C8H3BrClNO2/c9-7-5(10)2-1-4(3-11)6(7)8(12)13/h1-2H,(H,12,13). The monoisotopic (exact) mass is 259 g/mol. The number of nitriles is 1. The van der Waals surface area contributed by atoms with Gasteiger partial charge in [-0.2, -0.15) is 5.26 Å². The molecule has 0 amide bonds. The van der Waals surface area contributed by atoms with Crippen LogP contribution in [0.1, 0.15) is 15.9 Å². The minimum Gasteiger partial charge on any atom is -0.478 e.